The minimum absolute atomic E-state index is 0.164. The van der Waals surface area contributed by atoms with Crippen LogP contribution < -0.4 is 11.1 Å². The molecule has 0 aromatic carbocycles. The van der Waals surface area contributed by atoms with Gasteiger partial charge in [0, 0.05) is 23.3 Å². The van der Waals surface area contributed by atoms with Gasteiger partial charge in [-0.3, -0.25) is 19.3 Å². The van der Waals surface area contributed by atoms with E-state index < -0.39 is 16.8 Å². The summed E-state index contributed by atoms with van der Waals surface area (Å²) in [6.45, 7) is 11.1. The first-order valence-corrected chi connectivity index (χ1v) is 8.44. The van der Waals surface area contributed by atoms with Crippen molar-refractivity contribution in [2.75, 3.05) is 5.75 Å². The first-order chi connectivity index (χ1) is 9.83. The summed E-state index contributed by atoms with van der Waals surface area (Å²) in [5.41, 5.74) is 5.00. The van der Waals surface area contributed by atoms with Crippen LogP contribution in [-0.4, -0.2) is 50.7 Å². The fraction of sp³-hybridized carbons (Fsp3) is 0.800. The Morgan fingerprint density at radius 2 is 1.86 bits per heavy atom. The van der Waals surface area contributed by atoms with Gasteiger partial charge in [0.2, 0.25) is 17.7 Å². The highest BCUT2D eigenvalue weighted by Crippen LogP contribution is 2.30. The van der Waals surface area contributed by atoms with Crippen LogP contribution >= 0.6 is 11.8 Å². The first-order valence-electron chi connectivity index (χ1n) is 7.39. The summed E-state index contributed by atoms with van der Waals surface area (Å²) in [7, 11) is 0. The van der Waals surface area contributed by atoms with Gasteiger partial charge in [0.25, 0.3) is 0 Å². The van der Waals surface area contributed by atoms with Gasteiger partial charge in [-0.05, 0) is 41.5 Å². The first kappa shape index (κ1) is 19.0. The van der Waals surface area contributed by atoms with Crippen molar-refractivity contribution < 1.29 is 14.4 Å². The van der Waals surface area contributed by atoms with Crippen molar-refractivity contribution in [1.29, 1.82) is 0 Å². The monoisotopic (exact) mass is 329 g/mol. The van der Waals surface area contributed by atoms with Crippen molar-refractivity contribution in [3.05, 3.63) is 0 Å². The third-order valence-electron chi connectivity index (χ3n) is 3.09. The SMILES string of the molecule is CC(C)(C)NC(=O)C(N)CSC1CC(=O)N(C(C)(C)C)C1=O. The zero-order valence-corrected chi connectivity index (χ0v) is 15.0. The van der Waals surface area contributed by atoms with Crippen LogP contribution in [-0.2, 0) is 14.4 Å². The lowest BCUT2D eigenvalue weighted by atomic mass is 10.1. The van der Waals surface area contributed by atoms with Gasteiger partial charge in [0.1, 0.15) is 0 Å². The van der Waals surface area contributed by atoms with Gasteiger partial charge in [-0.25, -0.2) is 0 Å². The number of imide groups is 1. The smallest absolute Gasteiger partial charge is 0.243 e. The molecule has 7 heteroatoms. The number of likely N-dealkylation sites (tertiary alicyclic amines) is 1. The predicted octanol–water partition coefficient (Wildman–Crippen LogP) is 0.888. The molecule has 3 amide bonds. The maximum atomic E-state index is 12.3. The molecule has 1 rings (SSSR count). The highest BCUT2D eigenvalue weighted by molar-refractivity contribution is 8.00. The zero-order valence-electron chi connectivity index (χ0n) is 14.2. The molecule has 0 spiro atoms. The zero-order chi connectivity index (χ0) is 17.3. The topological polar surface area (TPSA) is 92.5 Å². The van der Waals surface area contributed by atoms with Crippen LogP contribution in [0.1, 0.15) is 48.0 Å². The molecule has 2 unspecified atom stereocenters. The Morgan fingerprint density at radius 3 is 2.27 bits per heavy atom. The molecular weight excluding hydrogens is 302 g/mol. The molecule has 3 N–H and O–H groups in total. The molecule has 0 aliphatic carbocycles. The maximum Gasteiger partial charge on any atom is 0.243 e. The lowest BCUT2D eigenvalue weighted by molar-refractivity contribution is -0.143. The van der Waals surface area contributed by atoms with E-state index in [4.69, 9.17) is 5.73 Å². The largest absolute Gasteiger partial charge is 0.350 e. The molecular formula is C15H27N3O3S. The van der Waals surface area contributed by atoms with Crippen LogP contribution in [0.2, 0.25) is 0 Å². The minimum atomic E-state index is -0.698. The molecule has 0 saturated carbocycles. The molecule has 1 aliphatic heterocycles. The number of thioether (sulfide) groups is 1. The summed E-state index contributed by atoms with van der Waals surface area (Å²) in [5, 5.41) is 2.36. The van der Waals surface area contributed by atoms with E-state index in [2.05, 4.69) is 5.32 Å². The molecule has 0 aromatic rings. The van der Waals surface area contributed by atoms with Crippen molar-refractivity contribution in [3.8, 4) is 0 Å². The lowest BCUT2D eigenvalue weighted by Gasteiger charge is -2.30. The Labute approximate surface area is 136 Å². The van der Waals surface area contributed by atoms with Gasteiger partial charge < -0.3 is 11.1 Å². The second-order valence-electron chi connectivity index (χ2n) is 7.61. The van der Waals surface area contributed by atoms with Crippen LogP contribution in [0.3, 0.4) is 0 Å². The third-order valence-corrected chi connectivity index (χ3v) is 4.41. The molecule has 0 aromatic heterocycles. The highest BCUT2D eigenvalue weighted by Gasteiger charge is 2.44. The minimum Gasteiger partial charge on any atom is -0.350 e. The Bertz CT molecular complexity index is 466. The molecule has 0 radical (unpaired) electrons. The van der Waals surface area contributed by atoms with E-state index in [1.807, 2.05) is 41.5 Å². The van der Waals surface area contributed by atoms with Crippen molar-refractivity contribution >= 4 is 29.5 Å². The number of amides is 3. The average molecular weight is 329 g/mol. The molecule has 1 saturated heterocycles. The molecule has 126 valence electrons. The number of nitrogens with one attached hydrogen (secondary N) is 1. The van der Waals surface area contributed by atoms with E-state index in [1.54, 1.807) is 0 Å². The quantitative estimate of drug-likeness (QED) is 0.747. The molecule has 22 heavy (non-hydrogen) atoms. The van der Waals surface area contributed by atoms with E-state index in [1.165, 1.54) is 16.7 Å². The van der Waals surface area contributed by atoms with Crippen LogP contribution in [0.15, 0.2) is 0 Å². The number of carbonyl (C=O) groups is 3. The summed E-state index contributed by atoms with van der Waals surface area (Å²) in [5.74, 6) is -0.290. The van der Waals surface area contributed by atoms with Crippen LogP contribution in [0.25, 0.3) is 0 Å². The summed E-state index contributed by atoms with van der Waals surface area (Å²) >= 11 is 1.28. The van der Waals surface area contributed by atoms with Crippen LogP contribution in [0, 0.1) is 0 Å². The Morgan fingerprint density at radius 1 is 1.32 bits per heavy atom. The van der Waals surface area contributed by atoms with Gasteiger partial charge >= 0.3 is 0 Å². The highest BCUT2D eigenvalue weighted by atomic mass is 32.2. The van der Waals surface area contributed by atoms with Gasteiger partial charge in [-0.15, -0.1) is 11.8 Å². The van der Waals surface area contributed by atoms with E-state index in [0.717, 1.165) is 0 Å². The third kappa shape index (κ3) is 4.98. The Balaban J connectivity index is 2.58. The van der Waals surface area contributed by atoms with Gasteiger partial charge in [-0.1, -0.05) is 0 Å². The summed E-state index contributed by atoms with van der Waals surface area (Å²) in [6, 6.07) is -0.698. The normalized spacial score (nSPS) is 21.2. The number of nitrogens with two attached hydrogens (primary N) is 1. The van der Waals surface area contributed by atoms with Gasteiger partial charge in [-0.2, -0.15) is 0 Å². The van der Waals surface area contributed by atoms with Gasteiger partial charge in [0.05, 0.1) is 11.3 Å². The fourth-order valence-corrected chi connectivity index (χ4v) is 3.30. The second kappa shape index (κ2) is 6.58. The molecule has 1 fully saturated rings. The summed E-state index contributed by atoms with van der Waals surface area (Å²) < 4.78 is 0. The molecule has 1 heterocycles. The standard InChI is InChI=1S/C15H27N3O3S/c1-14(2,3)17-12(20)9(16)8-22-10-7-11(19)18(13(10)21)15(4,5)6/h9-10H,7-8,16H2,1-6H3,(H,17,20). The average Bonchev–Trinajstić information content (AvgIpc) is 2.58. The van der Waals surface area contributed by atoms with Crippen molar-refractivity contribution in [2.45, 2.75) is 70.3 Å². The van der Waals surface area contributed by atoms with Crippen LogP contribution in [0.5, 0.6) is 0 Å². The lowest BCUT2D eigenvalue weighted by Crippen LogP contribution is -2.50. The number of carbonyl (C=O) groups excluding carboxylic acids is 3. The van der Waals surface area contributed by atoms with E-state index in [-0.39, 0.29) is 29.7 Å². The fourth-order valence-electron chi connectivity index (χ4n) is 2.20. The van der Waals surface area contributed by atoms with Crippen molar-refractivity contribution in [3.63, 3.8) is 0 Å². The predicted molar refractivity (Wildman–Crippen MR) is 88.3 cm³/mol. The Hall–Kier alpha value is -1.08. The molecule has 2 atom stereocenters. The maximum absolute atomic E-state index is 12.3. The number of nitrogens with zero attached hydrogens (tertiary/aromatic N) is 1. The molecule has 0 bridgehead atoms. The number of hydrogen-bond donors (Lipinski definition) is 2. The second-order valence-corrected chi connectivity index (χ2v) is 8.85. The molecule has 6 nitrogen and oxygen atoms in total. The summed E-state index contributed by atoms with van der Waals surface area (Å²) in [6.07, 6.45) is 0.175. The Kier molecular flexibility index (Phi) is 5.67. The van der Waals surface area contributed by atoms with E-state index in [0.29, 0.717) is 5.75 Å². The van der Waals surface area contributed by atoms with Crippen LogP contribution in [0.4, 0.5) is 0 Å². The number of rotatable bonds is 4. The summed E-state index contributed by atoms with van der Waals surface area (Å²) in [4.78, 5) is 37.5. The van der Waals surface area contributed by atoms with Crippen molar-refractivity contribution in [1.82, 2.24) is 10.2 Å². The number of hydrogen-bond acceptors (Lipinski definition) is 5. The van der Waals surface area contributed by atoms with Gasteiger partial charge in [0.15, 0.2) is 0 Å². The van der Waals surface area contributed by atoms with Crippen molar-refractivity contribution in [2.24, 2.45) is 5.73 Å². The van der Waals surface area contributed by atoms with E-state index >= 15 is 0 Å². The van der Waals surface area contributed by atoms with E-state index in [9.17, 15) is 14.4 Å². The molecule has 1 aliphatic rings.